The van der Waals surface area contributed by atoms with Crippen molar-refractivity contribution in [2.24, 2.45) is 5.92 Å². The van der Waals surface area contributed by atoms with Crippen LogP contribution in [0.4, 0.5) is 0 Å². The Morgan fingerprint density at radius 2 is 1.92 bits per heavy atom. The van der Waals surface area contributed by atoms with Crippen molar-refractivity contribution in [3.8, 4) is 11.3 Å². The van der Waals surface area contributed by atoms with E-state index in [2.05, 4.69) is 15.2 Å². The normalized spacial score (nSPS) is 25.7. The van der Waals surface area contributed by atoms with Crippen molar-refractivity contribution in [3.63, 3.8) is 0 Å². The number of carbonyl (C=O) groups excluding carboxylic acids is 1. The van der Waals surface area contributed by atoms with E-state index in [-0.39, 0.29) is 11.9 Å². The Bertz CT molecular complexity index is 765. The quantitative estimate of drug-likeness (QED) is 0.870. The SMILES string of the molecule is O=C(N[C@H]1CN2CCC1CC2)c1ccc(-c2ccc(Cl)c(Cl)c2)[nH]1. The Labute approximate surface area is 151 Å². The summed E-state index contributed by atoms with van der Waals surface area (Å²) in [6, 6.07) is 9.41. The zero-order chi connectivity index (χ0) is 16.7. The van der Waals surface area contributed by atoms with Crippen LogP contribution in [0.2, 0.25) is 10.0 Å². The molecule has 3 aliphatic rings. The zero-order valence-electron chi connectivity index (χ0n) is 13.2. The van der Waals surface area contributed by atoms with Gasteiger partial charge in [0.15, 0.2) is 0 Å². The summed E-state index contributed by atoms with van der Waals surface area (Å²) < 4.78 is 0. The summed E-state index contributed by atoms with van der Waals surface area (Å²) in [4.78, 5) is 18.2. The lowest BCUT2D eigenvalue weighted by Crippen LogP contribution is -2.57. The molecule has 3 fully saturated rings. The second kappa shape index (κ2) is 6.43. The van der Waals surface area contributed by atoms with Crippen LogP contribution in [0.25, 0.3) is 11.3 Å². The molecule has 4 nitrogen and oxygen atoms in total. The number of aromatic nitrogens is 1. The predicted octanol–water partition coefficient (Wildman–Crippen LogP) is 3.81. The number of halogens is 2. The molecule has 3 aliphatic heterocycles. The van der Waals surface area contributed by atoms with Crippen molar-refractivity contribution in [1.29, 1.82) is 0 Å². The van der Waals surface area contributed by atoms with Crippen LogP contribution < -0.4 is 5.32 Å². The van der Waals surface area contributed by atoms with E-state index in [9.17, 15) is 4.79 Å². The van der Waals surface area contributed by atoms with Crippen LogP contribution in [0.3, 0.4) is 0 Å². The second-order valence-corrected chi connectivity index (χ2v) is 7.45. The van der Waals surface area contributed by atoms with Gasteiger partial charge in [-0.1, -0.05) is 29.3 Å². The molecule has 24 heavy (non-hydrogen) atoms. The fourth-order valence-electron chi connectivity index (χ4n) is 3.73. The highest BCUT2D eigenvalue weighted by Gasteiger charge is 2.35. The van der Waals surface area contributed by atoms with Crippen LogP contribution in [-0.4, -0.2) is 41.5 Å². The average Bonchev–Trinajstić information content (AvgIpc) is 3.09. The van der Waals surface area contributed by atoms with Crippen LogP contribution in [-0.2, 0) is 0 Å². The molecule has 1 amide bonds. The molecule has 1 atom stereocenters. The van der Waals surface area contributed by atoms with Gasteiger partial charge in [0.05, 0.1) is 10.0 Å². The molecule has 0 radical (unpaired) electrons. The Balaban J connectivity index is 1.48. The van der Waals surface area contributed by atoms with Gasteiger partial charge < -0.3 is 15.2 Å². The molecule has 6 heteroatoms. The van der Waals surface area contributed by atoms with Gasteiger partial charge in [-0.3, -0.25) is 4.79 Å². The molecule has 5 rings (SSSR count). The van der Waals surface area contributed by atoms with E-state index in [4.69, 9.17) is 23.2 Å². The minimum absolute atomic E-state index is 0.0416. The van der Waals surface area contributed by atoms with Gasteiger partial charge >= 0.3 is 0 Å². The third kappa shape index (κ3) is 3.06. The van der Waals surface area contributed by atoms with Crippen molar-refractivity contribution in [2.45, 2.75) is 18.9 Å². The Morgan fingerprint density at radius 1 is 1.12 bits per heavy atom. The summed E-state index contributed by atoms with van der Waals surface area (Å²) >= 11 is 12.0. The number of benzene rings is 1. The molecule has 126 valence electrons. The van der Waals surface area contributed by atoms with Gasteiger partial charge in [-0.25, -0.2) is 0 Å². The summed E-state index contributed by atoms with van der Waals surface area (Å²) in [7, 11) is 0. The first-order valence-electron chi connectivity index (χ1n) is 8.28. The lowest BCUT2D eigenvalue weighted by atomic mass is 9.84. The maximum absolute atomic E-state index is 12.5. The number of amides is 1. The number of H-pyrrole nitrogens is 1. The average molecular weight is 364 g/mol. The number of nitrogens with zero attached hydrogens (tertiary/aromatic N) is 1. The van der Waals surface area contributed by atoms with Gasteiger partial charge in [0, 0.05) is 18.3 Å². The minimum atomic E-state index is -0.0416. The number of rotatable bonds is 3. The van der Waals surface area contributed by atoms with E-state index in [0.717, 1.165) is 17.8 Å². The molecule has 2 bridgehead atoms. The smallest absolute Gasteiger partial charge is 0.267 e. The molecule has 4 heterocycles. The predicted molar refractivity (Wildman–Crippen MR) is 96.7 cm³/mol. The fourth-order valence-corrected chi connectivity index (χ4v) is 4.03. The summed E-state index contributed by atoms with van der Waals surface area (Å²) in [6.07, 6.45) is 2.37. The van der Waals surface area contributed by atoms with Crippen molar-refractivity contribution < 1.29 is 4.79 Å². The minimum Gasteiger partial charge on any atom is -0.351 e. The van der Waals surface area contributed by atoms with Crippen molar-refractivity contribution >= 4 is 29.1 Å². The maximum atomic E-state index is 12.5. The molecule has 3 saturated heterocycles. The summed E-state index contributed by atoms with van der Waals surface area (Å²) in [5.41, 5.74) is 2.34. The van der Waals surface area contributed by atoms with Crippen LogP contribution in [0.15, 0.2) is 30.3 Å². The monoisotopic (exact) mass is 363 g/mol. The number of carbonyl (C=O) groups is 1. The zero-order valence-corrected chi connectivity index (χ0v) is 14.7. The third-order valence-electron chi connectivity index (χ3n) is 5.13. The molecule has 2 N–H and O–H groups in total. The van der Waals surface area contributed by atoms with Crippen molar-refractivity contribution in [1.82, 2.24) is 15.2 Å². The molecule has 2 aromatic rings. The molecule has 0 unspecified atom stereocenters. The molecule has 1 aromatic carbocycles. The standard InChI is InChI=1S/C18H19Cl2N3O/c19-13-2-1-12(9-14(13)20)15-3-4-16(21-15)18(24)22-17-10-23-7-5-11(17)6-8-23/h1-4,9,11,17,21H,5-8,10H2,(H,22,24)/t17-/m0/s1. The van der Waals surface area contributed by atoms with Crippen LogP contribution in [0.1, 0.15) is 23.3 Å². The van der Waals surface area contributed by atoms with Gasteiger partial charge in [0.1, 0.15) is 5.69 Å². The maximum Gasteiger partial charge on any atom is 0.267 e. The molecule has 0 aliphatic carbocycles. The van der Waals surface area contributed by atoms with E-state index in [1.807, 2.05) is 18.2 Å². The Morgan fingerprint density at radius 3 is 2.58 bits per heavy atom. The van der Waals surface area contributed by atoms with Gasteiger partial charge in [-0.15, -0.1) is 0 Å². The number of nitrogens with one attached hydrogen (secondary N) is 2. The highest BCUT2D eigenvalue weighted by Crippen LogP contribution is 2.29. The van der Waals surface area contributed by atoms with E-state index in [0.29, 0.717) is 21.7 Å². The first-order chi connectivity index (χ1) is 11.6. The number of aromatic amines is 1. The number of hydrogen-bond donors (Lipinski definition) is 2. The third-order valence-corrected chi connectivity index (χ3v) is 5.87. The molecule has 0 spiro atoms. The first-order valence-corrected chi connectivity index (χ1v) is 9.03. The van der Waals surface area contributed by atoms with Crippen molar-refractivity contribution in [3.05, 3.63) is 46.1 Å². The van der Waals surface area contributed by atoms with Crippen LogP contribution in [0.5, 0.6) is 0 Å². The highest BCUT2D eigenvalue weighted by atomic mass is 35.5. The summed E-state index contributed by atoms with van der Waals surface area (Å²) in [6.45, 7) is 3.30. The lowest BCUT2D eigenvalue weighted by Gasteiger charge is -2.44. The molecule has 0 saturated carbocycles. The second-order valence-electron chi connectivity index (χ2n) is 6.63. The van der Waals surface area contributed by atoms with E-state index in [1.54, 1.807) is 12.1 Å². The Kier molecular flexibility index (Phi) is 4.29. The fraction of sp³-hybridized carbons (Fsp3) is 0.389. The highest BCUT2D eigenvalue weighted by molar-refractivity contribution is 6.42. The van der Waals surface area contributed by atoms with Crippen molar-refractivity contribution in [2.75, 3.05) is 19.6 Å². The summed E-state index contributed by atoms with van der Waals surface area (Å²) in [5, 5.41) is 4.22. The Hall–Kier alpha value is -1.49. The van der Waals surface area contributed by atoms with E-state index in [1.165, 1.54) is 25.9 Å². The van der Waals surface area contributed by atoms with Gasteiger partial charge in [-0.05, 0) is 61.7 Å². The molecular weight excluding hydrogens is 345 g/mol. The van der Waals surface area contributed by atoms with Gasteiger partial charge in [-0.2, -0.15) is 0 Å². The number of hydrogen-bond acceptors (Lipinski definition) is 2. The molecular formula is C18H19Cl2N3O. The molecule has 1 aromatic heterocycles. The largest absolute Gasteiger partial charge is 0.351 e. The van der Waals surface area contributed by atoms with Gasteiger partial charge in [0.2, 0.25) is 0 Å². The van der Waals surface area contributed by atoms with Crippen LogP contribution >= 0.6 is 23.2 Å². The van der Waals surface area contributed by atoms with E-state index >= 15 is 0 Å². The van der Waals surface area contributed by atoms with E-state index < -0.39 is 0 Å². The topological polar surface area (TPSA) is 48.1 Å². The lowest BCUT2D eigenvalue weighted by molar-refractivity contribution is 0.0618. The number of piperidine rings is 3. The number of fused-ring (bicyclic) bond motifs is 3. The van der Waals surface area contributed by atoms with Gasteiger partial charge in [0.25, 0.3) is 5.91 Å². The summed E-state index contributed by atoms with van der Waals surface area (Å²) in [5.74, 6) is 0.573. The van der Waals surface area contributed by atoms with Crippen LogP contribution in [0, 0.1) is 5.92 Å². The first kappa shape index (κ1) is 16.0.